The third-order valence-corrected chi connectivity index (χ3v) is 3.84. The summed E-state index contributed by atoms with van der Waals surface area (Å²) in [7, 11) is 0. The molecule has 1 aliphatic rings. The molecule has 3 heterocycles. The molecule has 0 radical (unpaired) electrons. The SMILES string of the molecule is Cc1nc2cnc3ccccc3c2n1N=C1CCOCC1. The van der Waals surface area contributed by atoms with E-state index in [1.807, 2.05) is 36.0 Å². The van der Waals surface area contributed by atoms with Gasteiger partial charge in [-0.2, -0.15) is 5.10 Å². The van der Waals surface area contributed by atoms with E-state index in [1.54, 1.807) is 0 Å². The first-order valence-electron chi connectivity index (χ1n) is 7.20. The second-order valence-corrected chi connectivity index (χ2v) is 5.26. The summed E-state index contributed by atoms with van der Waals surface area (Å²) in [6, 6.07) is 8.12. The van der Waals surface area contributed by atoms with Gasteiger partial charge in [0.25, 0.3) is 0 Å². The molecule has 1 fully saturated rings. The standard InChI is InChI=1S/C16H16N4O/c1-11-18-15-10-17-14-5-3-2-4-13(14)16(15)20(11)19-12-6-8-21-9-7-12/h2-5,10H,6-9H2,1H3. The average molecular weight is 280 g/mol. The highest BCUT2D eigenvalue weighted by molar-refractivity contribution is 6.02. The van der Waals surface area contributed by atoms with E-state index >= 15 is 0 Å². The van der Waals surface area contributed by atoms with Crippen LogP contribution in [0.25, 0.3) is 21.9 Å². The van der Waals surface area contributed by atoms with Crippen LogP contribution < -0.4 is 0 Å². The molecular weight excluding hydrogens is 264 g/mol. The minimum atomic E-state index is 0.757. The molecule has 1 saturated heterocycles. The van der Waals surface area contributed by atoms with E-state index in [9.17, 15) is 0 Å². The third kappa shape index (κ3) is 2.10. The van der Waals surface area contributed by atoms with Crippen molar-refractivity contribution in [2.75, 3.05) is 13.2 Å². The number of nitrogens with zero attached hydrogens (tertiary/aromatic N) is 4. The molecule has 106 valence electrons. The summed E-state index contributed by atoms with van der Waals surface area (Å²) in [4.78, 5) is 9.06. The Bertz CT molecular complexity index is 842. The summed E-state index contributed by atoms with van der Waals surface area (Å²) in [6.45, 7) is 3.50. The highest BCUT2D eigenvalue weighted by Crippen LogP contribution is 2.24. The Morgan fingerprint density at radius 3 is 2.81 bits per heavy atom. The van der Waals surface area contributed by atoms with Crippen molar-refractivity contribution < 1.29 is 4.74 Å². The Balaban J connectivity index is 1.98. The van der Waals surface area contributed by atoms with Crippen molar-refractivity contribution in [2.45, 2.75) is 19.8 Å². The quantitative estimate of drug-likeness (QED) is 0.688. The molecule has 0 N–H and O–H groups in total. The van der Waals surface area contributed by atoms with Gasteiger partial charge in [0.05, 0.1) is 24.9 Å². The van der Waals surface area contributed by atoms with Gasteiger partial charge < -0.3 is 4.74 Å². The van der Waals surface area contributed by atoms with Crippen LogP contribution in [-0.4, -0.2) is 33.6 Å². The van der Waals surface area contributed by atoms with Gasteiger partial charge in [-0.15, -0.1) is 0 Å². The number of rotatable bonds is 1. The number of aromatic nitrogens is 3. The lowest BCUT2D eigenvalue weighted by molar-refractivity contribution is 0.134. The van der Waals surface area contributed by atoms with Crippen LogP contribution in [0.3, 0.4) is 0 Å². The molecule has 0 aliphatic carbocycles. The van der Waals surface area contributed by atoms with Gasteiger partial charge in [0.2, 0.25) is 0 Å². The van der Waals surface area contributed by atoms with Gasteiger partial charge in [-0.25, -0.2) is 9.66 Å². The van der Waals surface area contributed by atoms with Crippen molar-refractivity contribution in [1.29, 1.82) is 0 Å². The molecule has 5 heteroatoms. The van der Waals surface area contributed by atoms with Crippen LogP contribution in [0.1, 0.15) is 18.7 Å². The fourth-order valence-corrected chi connectivity index (χ4v) is 2.77. The van der Waals surface area contributed by atoms with Crippen LogP contribution in [0, 0.1) is 6.92 Å². The van der Waals surface area contributed by atoms with E-state index in [-0.39, 0.29) is 0 Å². The first kappa shape index (κ1) is 12.5. The van der Waals surface area contributed by atoms with Crippen molar-refractivity contribution >= 4 is 27.6 Å². The number of imidazole rings is 1. The lowest BCUT2D eigenvalue weighted by atomic mass is 10.2. The summed E-state index contributed by atoms with van der Waals surface area (Å²) in [6.07, 6.45) is 3.61. The van der Waals surface area contributed by atoms with Crippen LogP contribution in [0.4, 0.5) is 0 Å². The van der Waals surface area contributed by atoms with Crippen molar-refractivity contribution in [3.05, 3.63) is 36.3 Å². The Kier molecular flexibility index (Phi) is 2.93. The monoisotopic (exact) mass is 280 g/mol. The zero-order valence-corrected chi connectivity index (χ0v) is 11.9. The zero-order chi connectivity index (χ0) is 14.2. The Hall–Kier alpha value is -2.27. The molecule has 0 atom stereocenters. The highest BCUT2D eigenvalue weighted by atomic mass is 16.5. The van der Waals surface area contributed by atoms with Crippen LogP contribution in [0.5, 0.6) is 0 Å². The van der Waals surface area contributed by atoms with Gasteiger partial charge in [-0.3, -0.25) is 4.98 Å². The molecule has 0 saturated carbocycles. The predicted molar refractivity (Wildman–Crippen MR) is 82.7 cm³/mol. The maximum atomic E-state index is 5.39. The van der Waals surface area contributed by atoms with E-state index in [0.717, 1.165) is 53.8 Å². The lowest BCUT2D eigenvalue weighted by Crippen LogP contribution is -2.16. The molecule has 21 heavy (non-hydrogen) atoms. The molecule has 2 aromatic heterocycles. The molecular formula is C16H16N4O. The van der Waals surface area contributed by atoms with Crippen LogP contribution >= 0.6 is 0 Å². The Morgan fingerprint density at radius 1 is 1.14 bits per heavy atom. The van der Waals surface area contributed by atoms with Crippen LogP contribution in [-0.2, 0) is 4.74 Å². The van der Waals surface area contributed by atoms with Gasteiger partial charge >= 0.3 is 0 Å². The molecule has 5 nitrogen and oxygen atoms in total. The fourth-order valence-electron chi connectivity index (χ4n) is 2.77. The molecule has 0 bridgehead atoms. The summed E-state index contributed by atoms with van der Waals surface area (Å²) < 4.78 is 7.35. The molecule has 0 amide bonds. The predicted octanol–water partition coefficient (Wildman–Crippen LogP) is 2.91. The van der Waals surface area contributed by atoms with E-state index in [0.29, 0.717) is 0 Å². The normalized spacial score (nSPS) is 15.8. The third-order valence-electron chi connectivity index (χ3n) is 3.84. The molecule has 1 aliphatic heterocycles. The van der Waals surface area contributed by atoms with Gasteiger partial charge in [0, 0.05) is 23.9 Å². The number of fused-ring (bicyclic) bond motifs is 3. The van der Waals surface area contributed by atoms with Crippen LogP contribution in [0.2, 0.25) is 0 Å². The van der Waals surface area contributed by atoms with Crippen molar-refractivity contribution in [3.8, 4) is 0 Å². The molecule has 0 spiro atoms. The first-order valence-corrected chi connectivity index (χ1v) is 7.20. The second kappa shape index (κ2) is 4.93. The minimum absolute atomic E-state index is 0.757. The Labute approximate surface area is 122 Å². The van der Waals surface area contributed by atoms with Gasteiger partial charge in [-0.1, -0.05) is 18.2 Å². The number of ether oxygens (including phenoxy) is 1. The summed E-state index contributed by atoms with van der Waals surface area (Å²) >= 11 is 0. The average Bonchev–Trinajstić information content (AvgIpc) is 2.85. The van der Waals surface area contributed by atoms with Crippen molar-refractivity contribution in [2.24, 2.45) is 5.10 Å². The minimum Gasteiger partial charge on any atom is -0.381 e. The number of pyridine rings is 1. The molecule has 0 unspecified atom stereocenters. The topological polar surface area (TPSA) is 52.3 Å². The van der Waals surface area contributed by atoms with E-state index in [4.69, 9.17) is 9.84 Å². The second-order valence-electron chi connectivity index (χ2n) is 5.26. The van der Waals surface area contributed by atoms with E-state index in [2.05, 4.69) is 16.0 Å². The molecule has 1 aromatic carbocycles. The number of hydrogen-bond acceptors (Lipinski definition) is 4. The number of para-hydroxylation sites is 1. The van der Waals surface area contributed by atoms with E-state index in [1.165, 1.54) is 5.71 Å². The number of hydrogen-bond donors (Lipinski definition) is 0. The zero-order valence-electron chi connectivity index (χ0n) is 11.9. The number of aryl methyl sites for hydroxylation is 1. The number of benzene rings is 1. The maximum Gasteiger partial charge on any atom is 0.128 e. The fraction of sp³-hybridized carbons (Fsp3) is 0.312. The van der Waals surface area contributed by atoms with Gasteiger partial charge in [0.15, 0.2) is 0 Å². The maximum absolute atomic E-state index is 5.39. The smallest absolute Gasteiger partial charge is 0.128 e. The van der Waals surface area contributed by atoms with Gasteiger partial charge in [-0.05, 0) is 13.0 Å². The first-order chi connectivity index (χ1) is 10.3. The highest BCUT2D eigenvalue weighted by Gasteiger charge is 2.13. The molecule has 3 aromatic rings. The van der Waals surface area contributed by atoms with Crippen molar-refractivity contribution in [3.63, 3.8) is 0 Å². The summed E-state index contributed by atoms with van der Waals surface area (Å²) in [5.74, 6) is 0.891. The summed E-state index contributed by atoms with van der Waals surface area (Å²) in [5, 5.41) is 5.91. The lowest BCUT2D eigenvalue weighted by Gasteiger charge is -2.14. The van der Waals surface area contributed by atoms with Gasteiger partial charge in [0.1, 0.15) is 16.9 Å². The largest absolute Gasteiger partial charge is 0.381 e. The summed E-state index contributed by atoms with van der Waals surface area (Å²) in [5.41, 5.74) is 4.07. The van der Waals surface area contributed by atoms with Crippen LogP contribution in [0.15, 0.2) is 35.6 Å². The van der Waals surface area contributed by atoms with Crippen molar-refractivity contribution in [1.82, 2.24) is 14.6 Å². The van der Waals surface area contributed by atoms with E-state index < -0.39 is 0 Å². The molecule has 4 rings (SSSR count). The Morgan fingerprint density at radius 2 is 1.95 bits per heavy atom.